The first kappa shape index (κ1) is 47.8. The average Bonchev–Trinajstić information content (AvgIpc) is 3.18. The average molecular weight is 749 g/mol. The summed E-state index contributed by atoms with van der Waals surface area (Å²) in [5, 5.41) is 0. The van der Waals surface area contributed by atoms with Gasteiger partial charge in [-0.15, -0.1) is 0 Å². The first-order chi connectivity index (χ1) is 26.5. The Balaban J connectivity index is 1.80. The maximum absolute atomic E-state index is 12.8. The van der Waals surface area contributed by atoms with Gasteiger partial charge in [-0.05, 0) is 100 Å². The van der Waals surface area contributed by atoms with Crippen molar-refractivity contribution < 1.29 is 19.1 Å². The van der Waals surface area contributed by atoms with Crippen LogP contribution < -0.4 is 0 Å². The summed E-state index contributed by atoms with van der Waals surface area (Å²) in [6.07, 6.45) is 23.4. The van der Waals surface area contributed by atoms with E-state index in [0.29, 0.717) is 26.1 Å². The molecule has 2 rings (SSSR count). The van der Waals surface area contributed by atoms with Gasteiger partial charge in [0, 0.05) is 12.8 Å². The van der Waals surface area contributed by atoms with Gasteiger partial charge in [-0.2, -0.15) is 0 Å². The summed E-state index contributed by atoms with van der Waals surface area (Å²) >= 11 is 0. The molecule has 0 spiro atoms. The molecule has 0 heterocycles. The topological polar surface area (TPSA) is 59.1 Å². The normalized spacial score (nSPS) is 11.6. The molecule has 0 radical (unpaired) electrons. The van der Waals surface area contributed by atoms with E-state index < -0.39 is 0 Å². The summed E-state index contributed by atoms with van der Waals surface area (Å²) in [4.78, 5) is 30.8. The van der Waals surface area contributed by atoms with Gasteiger partial charge in [-0.1, -0.05) is 153 Å². The van der Waals surface area contributed by atoms with Crippen molar-refractivity contribution in [2.24, 2.45) is 0 Å². The standard InChI is InChI=1S/C48H80N2O4/c1-5-9-13-15-23-35-49(33-21-11-7-3)37-25-29-45(51)41-53-39-43-27-17-19-31-47(43)48-32-20-18-28-44(48)40-54-42-46(52)30-26-38-50(34-22-12-8-4)36-24-16-14-10-6-2/h17-20,27-28,31-32H,5-16,21-26,29-30,33-42H2,1-4H3. The number of hydrogen-bond acceptors (Lipinski definition) is 6. The van der Waals surface area contributed by atoms with Crippen LogP contribution in [0.3, 0.4) is 0 Å². The molecule has 54 heavy (non-hydrogen) atoms. The van der Waals surface area contributed by atoms with Gasteiger partial charge in [0.1, 0.15) is 13.2 Å². The minimum atomic E-state index is 0.142. The number of unbranched alkanes of at least 4 members (excludes halogenated alkanes) is 12. The maximum Gasteiger partial charge on any atom is 0.158 e. The van der Waals surface area contributed by atoms with Crippen molar-refractivity contribution in [3.63, 3.8) is 0 Å². The molecule has 0 unspecified atom stereocenters. The molecular weight excluding hydrogens is 669 g/mol. The van der Waals surface area contributed by atoms with Crippen LogP contribution >= 0.6 is 0 Å². The third kappa shape index (κ3) is 22.9. The zero-order valence-corrected chi connectivity index (χ0v) is 35.4. The molecule has 0 aliphatic carbocycles. The van der Waals surface area contributed by atoms with Crippen LogP contribution in [0.4, 0.5) is 0 Å². The number of rotatable bonds is 37. The van der Waals surface area contributed by atoms with Crippen LogP contribution in [0.25, 0.3) is 11.1 Å². The summed E-state index contributed by atoms with van der Waals surface area (Å²) in [6.45, 7) is 16.6. The Hall–Kier alpha value is -2.38. The molecule has 0 saturated heterocycles. The number of carbonyl (C=O) groups is 2. The lowest BCUT2D eigenvalue weighted by molar-refractivity contribution is -0.124. The van der Waals surface area contributed by atoms with Gasteiger partial charge >= 0.3 is 0 Å². The van der Waals surface area contributed by atoms with E-state index in [-0.39, 0.29) is 24.8 Å². The largest absolute Gasteiger partial charge is 0.369 e. The lowest BCUT2D eigenvalue weighted by atomic mass is 9.96. The summed E-state index contributed by atoms with van der Waals surface area (Å²) in [5.74, 6) is 0.350. The third-order valence-electron chi connectivity index (χ3n) is 10.5. The molecule has 306 valence electrons. The lowest BCUT2D eigenvalue weighted by Gasteiger charge is -2.22. The van der Waals surface area contributed by atoms with Crippen molar-refractivity contribution in [1.82, 2.24) is 9.80 Å². The van der Waals surface area contributed by atoms with Gasteiger partial charge in [0.25, 0.3) is 0 Å². The van der Waals surface area contributed by atoms with Crippen LogP contribution in [0.15, 0.2) is 48.5 Å². The minimum Gasteiger partial charge on any atom is -0.369 e. The van der Waals surface area contributed by atoms with Crippen molar-refractivity contribution in [3.05, 3.63) is 59.7 Å². The molecule has 0 atom stereocenters. The first-order valence-corrected chi connectivity index (χ1v) is 22.3. The number of hydrogen-bond donors (Lipinski definition) is 0. The number of ketones is 2. The fraction of sp³-hybridized carbons (Fsp3) is 0.708. The van der Waals surface area contributed by atoms with Crippen LogP contribution in [0, 0.1) is 0 Å². The van der Waals surface area contributed by atoms with Crippen molar-refractivity contribution in [2.45, 2.75) is 169 Å². The summed E-state index contributed by atoms with van der Waals surface area (Å²) < 4.78 is 12.0. The van der Waals surface area contributed by atoms with E-state index in [1.54, 1.807) is 0 Å². The maximum atomic E-state index is 12.8. The molecule has 0 aromatic heterocycles. The molecule has 0 N–H and O–H groups in total. The Morgan fingerprint density at radius 3 is 1.13 bits per heavy atom. The smallest absolute Gasteiger partial charge is 0.158 e. The second kappa shape index (κ2) is 32.8. The second-order valence-corrected chi connectivity index (χ2v) is 15.5. The third-order valence-corrected chi connectivity index (χ3v) is 10.5. The zero-order chi connectivity index (χ0) is 38.9. The highest BCUT2D eigenvalue weighted by molar-refractivity contribution is 5.80. The van der Waals surface area contributed by atoms with Crippen LogP contribution in [0.2, 0.25) is 0 Å². The SMILES string of the molecule is CCCCCCCN(CCCCC)CCCC(=O)COCc1ccccc1-c1ccccc1COCC(=O)CCCN(CCCCC)CCCCCCC. The predicted molar refractivity (Wildman–Crippen MR) is 229 cm³/mol. The Bertz CT molecular complexity index is 1120. The predicted octanol–water partition coefficient (Wildman–Crippen LogP) is 12.0. The van der Waals surface area contributed by atoms with E-state index in [2.05, 4.69) is 61.8 Å². The highest BCUT2D eigenvalue weighted by Gasteiger charge is 2.13. The van der Waals surface area contributed by atoms with Crippen molar-refractivity contribution in [3.8, 4) is 11.1 Å². The quantitative estimate of drug-likeness (QED) is 0.0641. The molecule has 2 aromatic carbocycles. The van der Waals surface area contributed by atoms with E-state index in [9.17, 15) is 9.59 Å². The monoisotopic (exact) mass is 749 g/mol. The van der Waals surface area contributed by atoms with Crippen LogP contribution in [-0.2, 0) is 32.3 Å². The molecule has 0 fully saturated rings. The van der Waals surface area contributed by atoms with E-state index >= 15 is 0 Å². The van der Waals surface area contributed by atoms with E-state index in [4.69, 9.17) is 9.47 Å². The zero-order valence-electron chi connectivity index (χ0n) is 35.4. The number of nitrogens with zero attached hydrogens (tertiary/aromatic N) is 2. The van der Waals surface area contributed by atoms with Gasteiger partial charge in [-0.3, -0.25) is 9.59 Å². The molecule has 2 aromatic rings. The molecule has 6 nitrogen and oxygen atoms in total. The first-order valence-electron chi connectivity index (χ1n) is 22.3. The summed E-state index contributed by atoms with van der Waals surface area (Å²) in [7, 11) is 0. The van der Waals surface area contributed by atoms with Crippen LogP contribution in [-0.4, -0.2) is 73.8 Å². The van der Waals surface area contributed by atoms with Gasteiger partial charge < -0.3 is 19.3 Å². The molecule has 0 saturated carbocycles. The molecular formula is C48H80N2O4. The van der Waals surface area contributed by atoms with Crippen LogP contribution in [0.1, 0.15) is 167 Å². The van der Waals surface area contributed by atoms with Gasteiger partial charge in [-0.25, -0.2) is 0 Å². The van der Waals surface area contributed by atoms with Crippen molar-refractivity contribution in [2.75, 3.05) is 52.5 Å². The highest BCUT2D eigenvalue weighted by Crippen LogP contribution is 2.28. The Morgan fingerprint density at radius 1 is 0.426 bits per heavy atom. The molecule has 0 amide bonds. The fourth-order valence-corrected chi connectivity index (χ4v) is 7.23. The number of ether oxygens (including phenoxy) is 2. The van der Waals surface area contributed by atoms with Crippen molar-refractivity contribution in [1.29, 1.82) is 0 Å². The summed E-state index contributed by atoms with van der Waals surface area (Å²) in [5.41, 5.74) is 4.26. The summed E-state index contributed by atoms with van der Waals surface area (Å²) in [6, 6.07) is 16.5. The number of benzene rings is 2. The molecule has 0 aliphatic heterocycles. The number of Topliss-reactive ketones (excluding diaryl/α,β-unsaturated/α-hetero) is 2. The Labute approximate surface area is 332 Å². The van der Waals surface area contributed by atoms with Crippen LogP contribution in [0.5, 0.6) is 0 Å². The second-order valence-electron chi connectivity index (χ2n) is 15.5. The van der Waals surface area contributed by atoms with E-state index in [1.165, 1.54) is 103 Å². The Morgan fingerprint density at radius 2 is 0.741 bits per heavy atom. The van der Waals surface area contributed by atoms with Gasteiger partial charge in [0.05, 0.1) is 13.2 Å². The number of carbonyl (C=O) groups excluding carboxylic acids is 2. The molecule has 0 bridgehead atoms. The van der Waals surface area contributed by atoms with Crippen molar-refractivity contribution >= 4 is 11.6 Å². The van der Waals surface area contributed by atoms with E-state index in [0.717, 1.165) is 74.4 Å². The highest BCUT2D eigenvalue weighted by atomic mass is 16.5. The molecule has 6 heteroatoms. The fourth-order valence-electron chi connectivity index (χ4n) is 7.23. The lowest BCUT2D eigenvalue weighted by Crippen LogP contribution is -2.28. The van der Waals surface area contributed by atoms with Gasteiger partial charge in [0.2, 0.25) is 0 Å². The molecule has 0 aliphatic rings. The van der Waals surface area contributed by atoms with E-state index in [1.807, 2.05) is 24.3 Å². The Kier molecular flexibility index (Phi) is 29.0. The van der Waals surface area contributed by atoms with Gasteiger partial charge in [0.15, 0.2) is 11.6 Å². The minimum absolute atomic E-state index is 0.142.